The Morgan fingerprint density at radius 2 is 1.74 bits per heavy atom. The molecule has 0 radical (unpaired) electrons. The molecule has 0 bridgehead atoms. The minimum absolute atomic E-state index is 0.0379. The molecule has 184 valence electrons. The van der Waals surface area contributed by atoms with Gasteiger partial charge in [0.25, 0.3) is 11.8 Å². The minimum Gasteiger partial charge on any atom is -0.496 e. The lowest BCUT2D eigenvalue weighted by Gasteiger charge is -2.29. The molecule has 0 spiro atoms. The number of piperidine rings is 1. The lowest BCUT2D eigenvalue weighted by molar-refractivity contribution is 0.0950. The molecule has 0 atom stereocenters. The molecular formula is C25H33N3O5S. The van der Waals surface area contributed by atoms with Crippen LogP contribution >= 0.6 is 0 Å². The zero-order valence-electron chi connectivity index (χ0n) is 20.1. The van der Waals surface area contributed by atoms with Crippen molar-refractivity contribution >= 4 is 27.5 Å². The summed E-state index contributed by atoms with van der Waals surface area (Å²) in [5.41, 5.74) is 0.724. The van der Waals surface area contributed by atoms with Gasteiger partial charge in [-0.2, -0.15) is 4.31 Å². The normalized spacial score (nSPS) is 15.2. The zero-order chi connectivity index (χ0) is 24.9. The van der Waals surface area contributed by atoms with Gasteiger partial charge in [-0.3, -0.25) is 9.59 Å². The molecule has 2 N–H and O–H groups in total. The zero-order valence-corrected chi connectivity index (χ0v) is 20.9. The van der Waals surface area contributed by atoms with E-state index in [-0.39, 0.29) is 28.0 Å². The summed E-state index contributed by atoms with van der Waals surface area (Å²) in [5.74, 6) is 0.146. The molecule has 1 aliphatic heterocycles. The number of carbonyl (C=O) groups is 2. The number of anilines is 1. The maximum Gasteiger partial charge on any atom is 0.259 e. The summed E-state index contributed by atoms with van der Waals surface area (Å²) in [6.07, 6.45) is 1.61. The van der Waals surface area contributed by atoms with Gasteiger partial charge in [-0.05, 0) is 55.0 Å². The second-order valence-corrected chi connectivity index (χ2v) is 11.0. The third-order valence-corrected chi connectivity index (χ3v) is 7.78. The third kappa shape index (κ3) is 5.95. The topological polar surface area (TPSA) is 105 Å². The number of methoxy groups -OCH3 is 1. The quantitative estimate of drug-likeness (QED) is 0.590. The highest BCUT2D eigenvalue weighted by Gasteiger charge is 2.29. The number of amides is 2. The summed E-state index contributed by atoms with van der Waals surface area (Å²) in [6.45, 7) is 7.51. The highest BCUT2D eigenvalue weighted by molar-refractivity contribution is 7.89. The van der Waals surface area contributed by atoms with Gasteiger partial charge < -0.3 is 15.4 Å². The molecule has 0 unspecified atom stereocenters. The highest BCUT2D eigenvalue weighted by Crippen LogP contribution is 2.28. The first-order valence-electron chi connectivity index (χ1n) is 11.5. The van der Waals surface area contributed by atoms with E-state index < -0.39 is 15.9 Å². The second kappa shape index (κ2) is 11.0. The Morgan fingerprint density at radius 1 is 1.06 bits per heavy atom. The molecule has 0 saturated carbocycles. The van der Waals surface area contributed by atoms with Crippen LogP contribution in [-0.2, 0) is 10.0 Å². The van der Waals surface area contributed by atoms with Crippen LogP contribution in [0.3, 0.4) is 0 Å². The van der Waals surface area contributed by atoms with E-state index in [1.165, 1.54) is 29.6 Å². The molecular weight excluding hydrogens is 454 g/mol. The first-order chi connectivity index (χ1) is 16.1. The molecule has 2 amide bonds. The maximum absolute atomic E-state index is 13.2. The van der Waals surface area contributed by atoms with E-state index in [0.717, 1.165) is 12.8 Å². The summed E-state index contributed by atoms with van der Waals surface area (Å²) in [7, 11) is -2.33. The number of ether oxygens (including phenoxy) is 1. The van der Waals surface area contributed by atoms with Crippen LogP contribution in [0.25, 0.3) is 0 Å². The summed E-state index contributed by atoms with van der Waals surface area (Å²) in [5, 5.41) is 5.59. The van der Waals surface area contributed by atoms with Crippen LogP contribution in [0.2, 0.25) is 0 Å². The SMILES string of the molecule is COc1ccc(S(=O)(=O)N2CCC(C)CC2)cc1C(=O)Nc1ccccc1C(=O)NCC(C)C. The minimum atomic E-state index is -3.74. The molecule has 0 aliphatic carbocycles. The monoisotopic (exact) mass is 487 g/mol. The molecule has 9 heteroatoms. The fraction of sp³-hybridized carbons (Fsp3) is 0.440. The number of carbonyl (C=O) groups excluding carboxylic acids is 2. The lowest BCUT2D eigenvalue weighted by atomic mass is 10.0. The van der Waals surface area contributed by atoms with Gasteiger partial charge in [-0.15, -0.1) is 0 Å². The van der Waals surface area contributed by atoms with Crippen LogP contribution in [0, 0.1) is 11.8 Å². The van der Waals surface area contributed by atoms with Crippen molar-refractivity contribution in [3.05, 3.63) is 53.6 Å². The summed E-state index contributed by atoms with van der Waals surface area (Å²) >= 11 is 0. The predicted molar refractivity (Wildman–Crippen MR) is 132 cm³/mol. The average molecular weight is 488 g/mol. The Balaban J connectivity index is 1.88. The summed E-state index contributed by atoms with van der Waals surface area (Å²) in [6, 6.07) is 11.0. The molecule has 0 aromatic heterocycles. The molecule has 1 aliphatic rings. The number of hydrogen-bond acceptors (Lipinski definition) is 5. The third-order valence-electron chi connectivity index (χ3n) is 5.89. The number of rotatable bonds is 8. The Morgan fingerprint density at radius 3 is 2.38 bits per heavy atom. The number of hydrogen-bond donors (Lipinski definition) is 2. The van der Waals surface area contributed by atoms with Crippen molar-refractivity contribution in [1.29, 1.82) is 0 Å². The summed E-state index contributed by atoms with van der Waals surface area (Å²) in [4.78, 5) is 25.9. The smallest absolute Gasteiger partial charge is 0.259 e. The molecule has 1 saturated heterocycles. The molecule has 2 aromatic rings. The number of benzene rings is 2. The van der Waals surface area contributed by atoms with Crippen LogP contribution in [0.15, 0.2) is 47.4 Å². The van der Waals surface area contributed by atoms with Gasteiger partial charge in [-0.25, -0.2) is 8.42 Å². The molecule has 1 heterocycles. The van der Waals surface area contributed by atoms with Crippen molar-refractivity contribution in [2.75, 3.05) is 32.1 Å². The first-order valence-corrected chi connectivity index (χ1v) is 12.9. The van der Waals surface area contributed by atoms with Crippen LogP contribution in [0.5, 0.6) is 5.75 Å². The van der Waals surface area contributed by atoms with Crippen LogP contribution < -0.4 is 15.4 Å². The Bertz CT molecular complexity index is 1140. The van der Waals surface area contributed by atoms with Crippen molar-refractivity contribution in [3.8, 4) is 5.75 Å². The highest BCUT2D eigenvalue weighted by atomic mass is 32.2. The van der Waals surface area contributed by atoms with Crippen LogP contribution in [-0.4, -0.2) is 51.3 Å². The van der Waals surface area contributed by atoms with Gasteiger partial charge in [0.15, 0.2) is 0 Å². The molecule has 1 fully saturated rings. The number of para-hydroxylation sites is 1. The summed E-state index contributed by atoms with van der Waals surface area (Å²) < 4.78 is 33.2. The first kappa shape index (κ1) is 25.7. The van der Waals surface area contributed by atoms with Crippen LogP contribution in [0.4, 0.5) is 5.69 Å². The lowest BCUT2D eigenvalue weighted by Crippen LogP contribution is -2.38. The van der Waals surface area contributed by atoms with E-state index in [1.54, 1.807) is 24.3 Å². The Kier molecular flexibility index (Phi) is 8.33. The fourth-order valence-electron chi connectivity index (χ4n) is 3.77. The predicted octanol–water partition coefficient (Wildman–Crippen LogP) is 3.75. The Labute approximate surface area is 201 Å². The van der Waals surface area contributed by atoms with E-state index in [9.17, 15) is 18.0 Å². The van der Waals surface area contributed by atoms with Crippen molar-refractivity contribution in [2.45, 2.75) is 38.5 Å². The van der Waals surface area contributed by atoms with Gasteiger partial charge >= 0.3 is 0 Å². The van der Waals surface area contributed by atoms with Crippen molar-refractivity contribution < 1.29 is 22.7 Å². The Hall–Kier alpha value is -2.91. The average Bonchev–Trinajstić information content (AvgIpc) is 2.82. The van der Waals surface area contributed by atoms with Gasteiger partial charge in [0, 0.05) is 19.6 Å². The van der Waals surface area contributed by atoms with Gasteiger partial charge in [0.2, 0.25) is 10.0 Å². The maximum atomic E-state index is 13.2. The molecule has 2 aromatic carbocycles. The molecule has 3 rings (SSSR count). The van der Waals surface area contributed by atoms with E-state index >= 15 is 0 Å². The van der Waals surface area contributed by atoms with Gasteiger partial charge in [0.1, 0.15) is 5.75 Å². The number of sulfonamides is 1. The molecule has 8 nitrogen and oxygen atoms in total. The number of nitrogens with zero attached hydrogens (tertiary/aromatic N) is 1. The van der Waals surface area contributed by atoms with E-state index in [0.29, 0.717) is 36.8 Å². The standard InChI is InChI=1S/C25H33N3O5S/c1-17(2)16-26-24(29)20-7-5-6-8-22(20)27-25(30)21-15-19(9-10-23(21)33-4)34(31,32)28-13-11-18(3)12-14-28/h5-10,15,17-18H,11-14,16H2,1-4H3,(H,26,29)(H,27,30). The number of nitrogens with one attached hydrogen (secondary N) is 2. The van der Waals surface area contributed by atoms with Crippen molar-refractivity contribution in [2.24, 2.45) is 11.8 Å². The second-order valence-electron chi connectivity index (χ2n) is 9.05. The van der Waals surface area contributed by atoms with Gasteiger partial charge in [-0.1, -0.05) is 32.9 Å². The largest absolute Gasteiger partial charge is 0.496 e. The van der Waals surface area contributed by atoms with Crippen LogP contribution in [0.1, 0.15) is 54.3 Å². The fourth-order valence-corrected chi connectivity index (χ4v) is 5.27. The van der Waals surface area contributed by atoms with E-state index in [2.05, 4.69) is 17.6 Å². The van der Waals surface area contributed by atoms with Gasteiger partial charge in [0.05, 0.1) is 28.8 Å². The molecule has 34 heavy (non-hydrogen) atoms. The van der Waals surface area contributed by atoms with Crippen molar-refractivity contribution in [1.82, 2.24) is 9.62 Å². The van der Waals surface area contributed by atoms with E-state index in [1.807, 2.05) is 13.8 Å². The van der Waals surface area contributed by atoms with E-state index in [4.69, 9.17) is 4.74 Å². The van der Waals surface area contributed by atoms with Crippen molar-refractivity contribution in [3.63, 3.8) is 0 Å².